The van der Waals surface area contributed by atoms with Crippen molar-refractivity contribution >= 4 is 35.8 Å². The lowest BCUT2D eigenvalue weighted by molar-refractivity contribution is -0.139. The minimum atomic E-state index is 0. The number of rotatable bonds is 9. The molecule has 1 saturated heterocycles. The topological polar surface area (TPSA) is 69.2 Å². The summed E-state index contributed by atoms with van der Waals surface area (Å²) in [6, 6.07) is 9.83. The number of carbonyl (C=O) groups is 1. The molecule has 7 nitrogen and oxygen atoms in total. The summed E-state index contributed by atoms with van der Waals surface area (Å²) in [7, 11) is 0. The highest BCUT2D eigenvalue weighted by molar-refractivity contribution is 14.0. The molecule has 0 spiro atoms. The molecule has 2 fully saturated rings. The highest BCUT2D eigenvalue weighted by atomic mass is 127. The normalized spacial score (nSPS) is 17.6. The van der Waals surface area contributed by atoms with E-state index in [0.717, 1.165) is 70.4 Å². The lowest BCUT2D eigenvalue weighted by atomic mass is 9.84. The third-order valence-electron chi connectivity index (χ3n) is 5.58. The van der Waals surface area contributed by atoms with E-state index < -0.39 is 0 Å². The zero-order chi connectivity index (χ0) is 20.3. The van der Waals surface area contributed by atoms with Crippen molar-refractivity contribution < 1.29 is 9.53 Å². The maximum Gasteiger partial charge on any atom is 0.225 e. The molecular formula is C22H36IN5O2. The summed E-state index contributed by atoms with van der Waals surface area (Å²) in [6.07, 6.45) is 3.39. The number of nitrogens with zero attached hydrogens (tertiary/aromatic N) is 3. The Morgan fingerprint density at radius 2 is 1.87 bits per heavy atom. The van der Waals surface area contributed by atoms with E-state index in [0.29, 0.717) is 25.0 Å². The Labute approximate surface area is 197 Å². The minimum absolute atomic E-state index is 0. The number of piperazine rings is 1. The number of halogens is 1. The van der Waals surface area contributed by atoms with Gasteiger partial charge in [0.25, 0.3) is 0 Å². The first-order valence-electron chi connectivity index (χ1n) is 11.0. The van der Waals surface area contributed by atoms with Crippen LogP contribution in [-0.2, 0) is 4.79 Å². The van der Waals surface area contributed by atoms with Crippen LogP contribution in [0.2, 0.25) is 0 Å². The molecule has 1 aliphatic carbocycles. The molecular weight excluding hydrogens is 493 g/mol. The number of amides is 1. The van der Waals surface area contributed by atoms with Crippen molar-refractivity contribution in [2.45, 2.75) is 26.2 Å². The van der Waals surface area contributed by atoms with Gasteiger partial charge in [0.2, 0.25) is 5.91 Å². The maximum atomic E-state index is 12.3. The van der Waals surface area contributed by atoms with Crippen LogP contribution in [0.25, 0.3) is 0 Å². The van der Waals surface area contributed by atoms with Crippen LogP contribution < -0.4 is 15.4 Å². The van der Waals surface area contributed by atoms with E-state index in [9.17, 15) is 4.79 Å². The van der Waals surface area contributed by atoms with Gasteiger partial charge in [0, 0.05) is 45.2 Å². The highest BCUT2D eigenvalue weighted by Gasteiger charge is 2.30. The number of para-hydroxylation sites is 1. The fourth-order valence-electron chi connectivity index (χ4n) is 3.61. The minimum Gasteiger partial charge on any atom is -0.492 e. The summed E-state index contributed by atoms with van der Waals surface area (Å²) < 4.78 is 5.71. The fraction of sp³-hybridized carbons (Fsp3) is 0.636. The maximum absolute atomic E-state index is 12.3. The first kappa shape index (κ1) is 24.7. The van der Waals surface area contributed by atoms with Gasteiger partial charge in [0.05, 0.1) is 13.1 Å². The van der Waals surface area contributed by atoms with Crippen LogP contribution in [0.5, 0.6) is 5.75 Å². The number of hydrogen-bond acceptors (Lipinski definition) is 4. The van der Waals surface area contributed by atoms with E-state index in [2.05, 4.69) is 32.3 Å². The Morgan fingerprint density at radius 1 is 1.13 bits per heavy atom. The largest absolute Gasteiger partial charge is 0.492 e. The number of guanidine groups is 1. The van der Waals surface area contributed by atoms with Crippen LogP contribution in [0.3, 0.4) is 0 Å². The zero-order valence-corrected chi connectivity index (χ0v) is 20.3. The molecule has 1 saturated carbocycles. The number of hydrogen-bond donors (Lipinski definition) is 2. The van der Waals surface area contributed by atoms with E-state index in [1.54, 1.807) is 0 Å². The fourth-order valence-corrected chi connectivity index (χ4v) is 3.61. The van der Waals surface area contributed by atoms with Gasteiger partial charge >= 0.3 is 0 Å². The third kappa shape index (κ3) is 7.94. The second-order valence-electron chi connectivity index (χ2n) is 7.64. The first-order valence-corrected chi connectivity index (χ1v) is 11.0. The molecule has 1 aliphatic heterocycles. The number of nitrogens with one attached hydrogen (secondary N) is 2. The molecule has 3 rings (SSSR count). The van der Waals surface area contributed by atoms with Crippen molar-refractivity contribution in [1.29, 1.82) is 0 Å². The highest BCUT2D eigenvalue weighted by Crippen LogP contribution is 2.28. The van der Waals surface area contributed by atoms with Gasteiger partial charge in [-0.1, -0.05) is 24.6 Å². The molecule has 2 aliphatic rings. The predicted octanol–water partition coefficient (Wildman–Crippen LogP) is 2.18. The number of ether oxygens (including phenoxy) is 1. The van der Waals surface area contributed by atoms with Crippen LogP contribution >= 0.6 is 24.0 Å². The summed E-state index contributed by atoms with van der Waals surface area (Å²) in [4.78, 5) is 21.5. The lowest BCUT2D eigenvalue weighted by Crippen LogP contribution is -2.51. The molecule has 1 heterocycles. The number of aliphatic imine (C=N–C) groups is 1. The van der Waals surface area contributed by atoms with Crippen LogP contribution in [0.15, 0.2) is 35.3 Å². The Morgan fingerprint density at radius 3 is 2.50 bits per heavy atom. The summed E-state index contributed by atoms with van der Waals surface area (Å²) >= 11 is 0. The molecule has 1 aromatic rings. The van der Waals surface area contributed by atoms with Gasteiger partial charge in [-0.2, -0.15) is 0 Å². The van der Waals surface area contributed by atoms with Crippen molar-refractivity contribution in [3.63, 3.8) is 0 Å². The van der Waals surface area contributed by atoms with Gasteiger partial charge in [-0.05, 0) is 31.9 Å². The molecule has 0 radical (unpaired) electrons. The smallest absolute Gasteiger partial charge is 0.225 e. The SMILES string of the molecule is CCNC(=NCCN1CCN(C(=O)C2CCC2)CC1)NCCOc1ccccc1.I. The van der Waals surface area contributed by atoms with E-state index >= 15 is 0 Å². The monoisotopic (exact) mass is 529 g/mol. The molecule has 8 heteroatoms. The van der Waals surface area contributed by atoms with Gasteiger partial charge in [0.1, 0.15) is 12.4 Å². The quantitative estimate of drug-likeness (QED) is 0.222. The van der Waals surface area contributed by atoms with E-state index in [1.807, 2.05) is 30.3 Å². The lowest BCUT2D eigenvalue weighted by Gasteiger charge is -2.38. The second kappa shape index (κ2) is 13.7. The molecule has 0 atom stereocenters. The van der Waals surface area contributed by atoms with E-state index in [4.69, 9.17) is 4.74 Å². The predicted molar refractivity (Wildman–Crippen MR) is 132 cm³/mol. The van der Waals surface area contributed by atoms with Crippen molar-refractivity contribution in [1.82, 2.24) is 20.4 Å². The summed E-state index contributed by atoms with van der Waals surface area (Å²) in [6.45, 7) is 9.44. The van der Waals surface area contributed by atoms with E-state index in [-0.39, 0.29) is 24.0 Å². The van der Waals surface area contributed by atoms with Gasteiger partial charge in [-0.25, -0.2) is 0 Å². The van der Waals surface area contributed by atoms with E-state index in [1.165, 1.54) is 6.42 Å². The number of carbonyl (C=O) groups excluding carboxylic acids is 1. The van der Waals surface area contributed by atoms with Crippen molar-refractivity contribution in [2.24, 2.45) is 10.9 Å². The van der Waals surface area contributed by atoms with Crippen LogP contribution in [-0.4, -0.2) is 80.6 Å². The second-order valence-corrected chi connectivity index (χ2v) is 7.64. The van der Waals surface area contributed by atoms with Crippen LogP contribution in [0.4, 0.5) is 0 Å². The Balaban J connectivity index is 0.00000320. The number of benzene rings is 1. The molecule has 1 aromatic carbocycles. The Kier molecular flexibility index (Phi) is 11.3. The Hall–Kier alpha value is -1.55. The summed E-state index contributed by atoms with van der Waals surface area (Å²) in [5.74, 6) is 2.39. The molecule has 1 amide bonds. The average molecular weight is 529 g/mol. The van der Waals surface area contributed by atoms with Crippen LogP contribution in [0.1, 0.15) is 26.2 Å². The molecule has 0 bridgehead atoms. The molecule has 30 heavy (non-hydrogen) atoms. The van der Waals surface area contributed by atoms with Gasteiger partial charge in [0.15, 0.2) is 5.96 Å². The zero-order valence-electron chi connectivity index (χ0n) is 18.0. The van der Waals surface area contributed by atoms with Crippen molar-refractivity contribution in [3.8, 4) is 5.75 Å². The average Bonchev–Trinajstić information content (AvgIpc) is 2.71. The van der Waals surface area contributed by atoms with Crippen molar-refractivity contribution in [2.75, 3.05) is 59.0 Å². The Bertz CT molecular complexity index is 646. The molecule has 0 aromatic heterocycles. The summed E-state index contributed by atoms with van der Waals surface area (Å²) in [5.41, 5.74) is 0. The molecule has 2 N–H and O–H groups in total. The van der Waals surface area contributed by atoms with Gasteiger partial charge in [-0.15, -0.1) is 24.0 Å². The molecule has 0 unspecified atom stereocenters. The first-order chi connectivity index (χ1) is 14.3. The third-order valence-corrected chi connectivity index (χ3v) is 5.58. The van der Waals surface area contributed by atoms with Gasteiger partial charge < -0.3 is 20.3 Å². The van der Waals surface area contributed by atoms with Crippen LogP contribution in [0, 0.1) is 5.92 Å². The standard InChI is InChI=1S/C22H35N5O2.HI/c1-2-23-22(25-12-18-29-20-9-4-3-5-10-20)24-11-13-26-14-16-27(17-15-26)21(28)19-7-6-8-19;/h3-5,9-10,19H,2,6-8,11-18H2,1H3,(H2,23,24,25);1H. The summed E-state index contributed by atoms with van der Waals surface area (Å²) in [5, 5.41) is 6.60. The molecule has 168 valence electrons. The van der Waals surface area contributed by atoms with Gasteiger partial charge in [-0.3, -0.25) is 14.7 Å². The van der Waals surface area contributed by atoms with Crippen molar-refractivity contribution in [3.05, 3.63) is 30.3 Å².